The summed E-state index contributed by atoms with van der Waals surface area (Å²) >= 11 is 5.70. The molecule has 1 heterocycles. The topological polar surface area (TPSA) is 29.5 Å². The first-order valence-electron chi connectivity index (χ1n) is 5.83. The zero-order chi connectivity index (χ0) is 12.3. The van der Waals surface area contributed by atoms with E-state index in [2.05, 4.69) is 0 Å². The predicted molar refractivity (Wildman–Crippen MR) is 64.7 cm³/mol. The second-order valence-corrected chi connectivity index (χ2v) is 5.04. The molecule has 0 aliphatic carbocycles. The molecule has 17 heavy (non-hydrogen) atoms. The summed E-state index contributed by atoms with van der Waals surface area (Å²) in [6.45, 7) is 1.21. The third kappa shape index (κ3) is 3.41. The van der Waals surface area contributed by atoms with Crippen LogP contribution in [0.4, 0.5) is 4.39 Å². The van der Waals surface area contributed by atoms with Crippen molar-refractivity contribution in [3.63, 3.8) is 0 Å². The van der Waals surface area contributed by atoms with E-state index in [4.69, 9.17) is 16.3 Å². The van der Waals surface area contributed by atoms with Gasteiger partial charge in [-0.1, -0.05) is 17.7 Å². The predicted octanol–water partition coefficient (Wildman–Crippen LogP) is 2.95. The molecule has 1 atom stereocenters. The molecule has 94 valence electrons. The van der Waals surface area contributed by atoms with E-state index in [1.165, 1.54) is 6.07 Å². The summed E-state index contributed by atoms with van der Waals surface area (Å²) in [6, 6.07) is 4.57. The zero-order valence-corrected chi connectivity index (χ0v) is 10.3. The van der Waals surface area contributed by atoms with E-state index in [1.807, 2.05) is 0 Å². The Labute approximate surface area is 105 Å². The lowest BCUT2D eigenvalue weighted by Gasteiger charge is -2.26. The van der Waals surface area contributed by atoms with E-state index in [9.17, 15) is 9.50 Å². The molecule has 1 fully saturated rings. The molecule has 0 saturated carbocycles. The van der Waals surface area contributed by atoms with Crippen LogP contribution in [0, 0.1) is 5.82 Å². The average molecular weight is 259 g/mol. The van der Waals surface area contributed by atoms with E-state index < -0.39 is 5.60 Å². The maximum absolute atomic E-state index is 13.7. The van der Waals surface area contributed by atoms with Crippen molar-refractivity contribution in [2.75, 3.05) is 13.2 Å². The molecule has 0 aromatic heterocycles. The summed E-state index contributed by atoms with van der Waals surface area (Å²) in [4.78, 5) is 0. The van der Waals surface area contributed by atoms with Gasteiger partial charge in [0, 0.05) is 24.7 Å². The first-order valence-corrected chi connectivity index (χ1v) is 6.21. The van der Waals surface area contributed by atoms with E-state index in [-0.39, 0.29) is 5.82 Å². The Morgan fingerprint density at radius 3 is 2.94 bits per heavy atom. The van der Waals surface area contributed by atoms with Gasteiger partial charge in [0.2, 0.25) is 0 Å². The van der Waals surface area contributed by atoms with E-state index in [0.29, 0.717) is 43.1 Å². The fourth-order valence-electron chi connectivity index (χ4n) is 2.19. The molecule has 1 unspecified atom stereocenters. The lowest BCUT2D eigenvalue weighted by Crippen LogP contribution is -2.32. The molecule has 0 bridgehead atoms. The highest BCUT2D eigenvalue weighted by molar-refractivity contribution is 6.30. The molecule has 1 aliphatic rings. The van der Waals surface area contributed by atoms with E-state index >= 15 is 0 Å². The van der Waals surface area contributed by atoms with Crippen molar-refractivity contribution in [2.45, 2.75) is 31.3 Å². The fraction of sp³-hybridized carbons (Fsp3) is 0.538. The molecular formula is C13H16ClFO2. The van der Waals surface area contributed by atoms with Gasteiger partial charge < -0.3 is 9.84 Å². The molecular weight excluding hydrogens is 243 g/mol. The molecule has 4 heteroatoms. The van der Waals surface area contributed by atoms with E-state index in [1.54, 1.807) is 12.1 Å². The Morgan fingerprint density at radius 2 is 2.18 bits per heavy atom. The number of hydrogen-bond donors (Lipinski definition) is 1. The molecule has 2 rings (SSSR count). The van der Waals surface area contributed by atoms with Gasteiger partial charge >= 0.3 is 0 Å². The standard InChI is InChI=1S/C13H16ClFO2/c14-11-3-2-10(12(15)8-11)9-13(16)4-1-6-17-7-5-13/h2-3,8,16H,1,4-7,9H2. The number of benzene rings is 1. The maximum atomic E-state index is 13.7. The van der Waals surface area contributed by atoms with Crippen molar-refractivity contribution >= 4 is 11.6 Å². The molecule has 1 N–H and O–H groups in total. The number of aliphatic hydroxyl groups is 1. The molecule has 1 aromatic carbocycles. The molecule has 0 radical (unpaired) electrons. The molecule has 0 amide bonds. The average Bonchev–Trinajstić information content (AvgIpc) is 2.48. The van der Waals surface area contributed by atoms with Gasteiger partial charge in [-0.25, -0.2) is 4.39 Å². The minimum Gasteiger partial charge on any atom is -0.389 e. The van der Waals surface area contributed by atoms with Crippen LogP contribution in [0.2, 0.25) is 5.02 Å². The quantitative estimate of drug-likeness (QED) is 0.884. The van der Waals surface area contributed by atoms with Gasteiger partial charge in [-0.15, -0.1) is 0 Å². The number of rotatable bonds is 2. The monoisotopic (exact) mass is 258 g/mol. The molecule has 1 aliphatic heterocycles. The van der Waals surface area contributed by atoms with Crippen LogP contribution in [0.3, 0.4) is 0 Å². The smallest absolute Gasteiger partial charge is 0.127 e. The SMILES string of the molecule is OC1(Cc2ccc(Cl)cc2F)CCCOCC1. The van der Waals surface area contributed by atoms with Crippen LogP contribution in [0.25, 0.3) is 0 Å². The van der Waals surface area contributed by atoms with Crippen molar-refractivity contribution < 1.29 is 14.2 Å². The molecule has 1 aromatic rings. The second-order valence-electron chi connectivity index (χ2n) is 4.60. The van der Waals surface area contributed by atoms with Crippen molar-refractivity contribution in [3.05, 3.63) is 34.6 Å². The van der Waals surface area contributed by atoms with Crippen LogP contribution in [-0.4, -0.2) is 23.9 Å². The Bertz CT molecular complexity index is 387. The van der Waals surface area contributed by atoms with Gasteiger partial charge in [-0.3, -0.25) is 0 Å². The van der Waals surface area contributed by atoms with Crippen molar-refractivity contribution in [1.82, 2.24) is 0 Å². The minimum atomic E-state index is -0.856. The van der Waals surface area contributed by atoms with Crippen LogP contribution in [0.5, 0.6) is 0 Å². The summed E-state index contributed by atoms with van der Waals surface area (Å²) in [6.07, 6.45) is 2.33. The number of ether oxygens (including phenoxy) is 1. The van der Waals surface area contributed by atoms with Crippen LogP contribution in [0.15, 0.2) is 18.2 Å². The van der Waals surface area contributed by atoms with Gasteiger partial charge in [0.1, 0.15) is 5.82 Å². The maximum Gasteiger partial charge on any atom is 0.127 e. The van der Waals surface area contributed by atoms with Gasteiger partial charge in [0.05, 0.1) is 5.60 Å². The third-order valence-electron chi connectivity index (χ3n) is 3.18. The minimum absolute atomic E-state index is 0.319. The summed E-state index contributed by atoms with van der Waals surface area (Å²) in [7, 11) is 0. The Balaban J connectivity index is 2.12. The Morgan fingerprint density at radius 1 is 1.35 bits per heavy atom. The summed E-state index contributed by atoms with van der Waals surface area (Å²) in [5.74, 6) is -0.351. The van der Waals surface area contributed by atoms with Crippen LogP contribution in [0.1, 0.15) is 24.8 Å². The summed E-state index contributed by atoms with van der Waals surface area (Å²) in [5, 5.41) is 10.8. The Kier molecular flexibility index (Phi) is 4.02. The lowest BCUT2D eigenvalue weighted by atomic mass is 9.87. The van der Waals surface area contributed by atoms with Crippen LogP contribution < -0.4 is 0 Å². The van der Waals surface area contributed by atoms with Crippen molar-refractivity contribution in [2.24, 2.45) is 0 Å². The largest absolute Gasteiger partial charge is 0.389 e. The van der Waals surface area contributed by atoms with Crippen LogP contribution >= 0.6 is 11.6 Å². The first kappa shape index (κ1) is 12.8. The molecule has 1 saturated heterocycles. The Hall–Kier alpha value is -0.640. The number of hydrogen-bond acceptors (Lipinski definition) is 2. The van der Waals surface area contributed by atoms with Crippen molar-refractivity contribution in [1.29, 1.82) is 0 Å². The van der Waals surface area contributed by atoms with E-state index in [0.717, 1.165) is 6.42 Å². The van der Waals surface area contributed by atoms with Crippen LogP contribution in [-0.2, 0) is 11.2 Å². The first-order chi connectivity index (χ1) is 8.09. The fourth-order valence-corrected chi connectivity index (χ4v) is 2.35. The van der Waals surface area contributed by atoms with Gasteiger partial charge in [-0.05, 0) is 37.0 Å². The summed E-state index contributed by atoms with van der Waals surface area (Å²) < 4.78 is 19.0. The van der Waals surface area contributed by atoms with Gasteiger partial charge in [0.15, 0.2) is 0 Å². The molecule has 2 nitrogen and oxygen atoms in total. The highest BCUT2D eigenvalue weighted by Crippen LogP contribution is 2.27. The van der Waals surface area contributed by atoms with Crippen molar-refractivity contribution in [3.8, 4) is 0 Å². The highest BCUT2D eigenvalue weighted by Gasteiger charge is 2.29. The molecule has 0 spiro atoms. The normalized spacial score (nSPS) is 25.6. The highest BCUT2D eigenvalue weighted by atomic mass is 35.5. The number of halogens is 2. The third-order valence-corrected chi connectivity index (χ3v) is 3.41. The second kappa shape index (κ2) is 5.34. The van der Waals surface area contributed by atoms with Gasteiger partial charge in [-0.2, -0.15) is 0 Å². The summed E-state index contributed by atoms with van der Waals surface area (Å²) in [5.41, 5.74) is -0.343. The zero-order valence-electron chi connectivity index (χ0n) is 9.59. The van der Waals surface area contributed by atoms with Gasteiger partial charge in [0.25, 0.3) is 0 Å². The lowest BCUT2D eigenvalue weighted by molar-refractivity contribution is 0.0181.